The molecule has 2 aromatic carbocycles. The average Bonchev–Trinajstić information content (AvgIpc) is 2.96. The Labute approximate surface area is 209 Å². The molecule has 0 aromatic heterocycles. The molecule has 186 valence electrons. The van der Waals surface area contributed by atoms with E-state index >= 15 is 0 Å². The molecular weight excluding hydrogens is 439 g/mol. The van der Waals surface area contributed by atoms with Crippen molar-refractivity contribution in [2.45, 2.75) is 66.6 Å². The normalized spacial score (nSPS) is 17.9. The number of amidine groups is 1. The molecule has 35 heavy (non-hydrogen) atoms. The number of aryl methyl sites for hydroxylation is 1. The Morgan fingerprint density at radius 3 is 2.20 bits per heavy atom. The fraction of sp³-hybridized carbons (Fsp3) is 0.407. The first kappa shape index (κ1) is 26.5. The van der Waals surface area contributed by atoms with Gasteiger partial charge in [0.25, 0.3) is 0 Å². The highest BCUT2D eigenvalue weighted by Crippen LogP contribution is 2.36. The molecule has 7 nitrogen and oxygen atoms in total. The molecule has 0 aliphatic carbocycles. The van der Waals surface area contributed by atoms with Crippen molar-refractivity contribution in [3.63, 3.8) is 0 Å². The van der Waals surface area contributed by atoms with E-state index in [4.69, 9.17) is 15.0 Å². The number of urea groups is 1. The molecule has 8 heteroatoms. The Hall–Kier alpha value is -3.10. The Balaban J connectivity index is 1.82. The van der Waals surface area contributed by atoms with Crippen LogP contribution in [0.1, 0.15) is 54.0 Å². The Morgan fingerprint density at radius 2 is 1.63 bits per heavy atom. The summed E-state index contributed by atoms with van der Waals surface area (Å²) in [7, 11) is -0.519. The van der Waals surface area contributed by atoms with Crippen molar-refractivity contribution in [1.29, 1.82) is 0 Å². The van der Waals surface area contributed by atoms with Gasteiger partial charge in [-0.3, -0.25) is 5.32 Å². The summed E-state index contributed by atoms with van der Waals surface area (Å²) in [6.45, 7) is 16.1. The number of nitrogens with one attached hydrogen (secondary N) is 2. The minimum atomic E-state index is -0.519. The molecule has 4 N–H and O–H groups in total. The summed E-state index contributed by atoms with van der Waals surface area (Å²) in [5.74, 6) is 0.347. The number of nitrogens with zero attached hydrogens (tertiary/aromatic N) is 1. The minimum absolute atomic E-state index is 0.274. The number of aliphatic imine (C=N–C) groups is 1. The number of anilines is 1. The number of rotatable bonds is 4. The van der Waals surface area contributed by atoms with Gasteiger partial charge < -0.3 is 20.4 Å². The predicted molar refractivity (Wildman–Crippen MR) is 144 cm³/mol. The first-order valence-corrected chi connectivity index (χ1v) is 11.8. The first-order valence-electron chi connectivity index (χ1n) is 11.8. The molecule has 1 heterocycles. The highest BCUT2D eigenvalue weighted by Gasteiger charge is 2.52. The van der Waals surface area contributed by atoms with E-state index in [1.54, 1.807) is 6.08 Å². The van der Waals surface area contributed by atoms with Gasteiger partial charge in [-0.1, -0.05) is 50.6 Å². The van der Waals surface area contributed by atoms with Gasteiger partial charge in [0.05, 0.1) is 16.9 Å². The van der Waals surface area contributed by atoms with Crippen LogP contribution in [0.5, 0.6) is 0 Å². The molecule has 0 atom stereocenters. The molecule has 0 saturated carbocycles. The number of hydrogen-bond acceptors (Lipinski definition) is 5. The van der Waals surface area contributed by atoms with Crippen molar-refractivity contribution in [3.8, 4) is 0 Å². The monoisotopic (exact) mass is 476 g/mol. The maximum absolute atomic E-state index is 12.9. The van der Waals surface area contributed by atoms with E-state index < -0.39 is 24.4 Å². The number of nitrogens with two attached hydrogens (primary N) is 1. The summed E-state index contributed by atoms with van der Waals surface area (Å²) in [6, 6.07) is 14.6. The molecule has 1 aliphatic heterocycles. The molecule has 1 fully saturated rings. The first-order chi connectivity index (χ1) is 16.2. The molecule has 0 unspecified atom stereocenters. The van der Waals surface area contributed by atoms with Gasteiger partial charge in [-0.25, -0.2) is 9.79 Å². The lowest BCUT2D eigenvalue weighted by molar-refractivity contribution is 0.00578. The molecular formula is C27H37BN4O3. The van der Waals surface area contributed by atoms with Crippen molar-refractivity contribution in [2.75, 3.05) is 5.32 Å². The molecule has 3 rings (SSSR count). The molecule has 0 radical (unpaired) electrons. The number of allylic oxidation sites excluding steroid dienone is 1. The summed E-state index contributed by atoms with van der Waals surface area (Å²) in [5.41, 5.74) is 8.90. The third kappa shape index (κ3) is 6.53. The van der Waals surface area contributed by atoms with Gasteiger partial charge in [0.1, 0.15) is 5.84 Å². The maximum Gasteiger partial charge on any atom is 0.495 e. The third-order valence-electron chi connectivity index (χ3n) is 6.45. The second kappa shape index (κ2) is 9.87. The van der Waals surface area contributed by atoms with Crippen molar-refractivity contribution < 1.29 is 14.1 Å². The van der Waals surface area contributed by atoms with Gasteiger partial charge in [0.15, 0.2) is 0 Å². The number of hydrogen-bond donors (Lipinski definition) is 3. The van der Waals surface area contributed by atoms with E-state index in [1.165, 1.54) is 0 Å². The summed E-state index contributed by atoms with van der Waals surface area (Å²) in [5, 5.41) is 5.72. The largest absolute Gasteiger partial charge is 0.495 e. The SMILES string of the molecule is Cc1ccc(NC(=O)NC(C=C(N)C(C)(C)C)=Nc2ccccc2)cc1B1OC(C)(C)C(C)(C)O1. The predicted octanol–water partition coefficient (Wildman–Crippen LogP) is 5.03. The van der Waals surface area contributed by atoms with Crippen LogP contribution in [-0.4, -0.2) is 30.2 Å². The highest BCUT2D eigenvalue weighted by atomic mass is 16.7. The lowest BCUT2D eigenvalue weighted by Gasteiger charge is -2.32. The van der Waals surface area contributed by atoms with E-state index in [2.05, 4.69) is 15.6 Å². The fourth-order valence-corrected chi connectivity index (χ4v) is 3.32. The van der Waals surface area contributed by atoms with Gasteiger partial charge in [-0.05, 0) is 64.3 Å². The van der Waals surface area contributed by atoms with Crippen LogP contribution in [0.2, 0.25) is 0 Å². The smallest absolute Gasteiger partial charge is 0.401 e. The number of benzene rings is 2. The molecule has 2 aromatic rings. The van der Waals surface area contributed by atoms with Crippen LogP contribution >= 0.6 is 0 Å². The fourth-order valence-electron chi connectivity index (χ4n) is 3.32. The van der Waals surface area contributed by atoms with Crippen LogP contribution in [0.3, 0.4) is 0 Å². The van der Waals surface area contributed by atoms with E-state index in [1.807, 2.05) is 104 Å². The van der Waals surface area contributed by atoms with Gasteiger partial charge in [0.2, 0.25) is 0 Å². The topological polar surface area (TPSA) is 98.0 Å². The summed E-state index contributed by atoms with van der Waals surface area (Å²) < 4.78 is 12.4. The molecule has 1 saturated heterocycles. The number of carbonyl (C=O) groups excluding carboxylic acids is 1. The standard InChI is InChI=1S/C27H37BN4O3/c1-18-14-15-20(16-21(18)28-34-26(5,6)27(7,8)35-28)31-24(33)32-23(17-22(29)25(2,3)4)30-19-12-10-9-11-13-19/h9-17H,29H2,1-8H3,(H2,30,31,32,33). The van der Waals surface area contributed by atoms with Crippen LogP contribution in [0, 0.1) is 12.3 Å². The zero-order valence-electron chi connectivity index (χ0n) is 22.0. The molecule has 0 bridgehead atoms. The van der Waals surface area contributed by atoms with Gasteiger partial charge in [-0.2, -0.15) is 0 Å². The van der Waals surface area contributed by atoms with Crippen LogP contribution in [0.25, 0.3) is 0 Å². The minimum Gasteiger partial charge on any atom is -0.401 e. The van der Waals surface area contributed by atoms with Gasteiger partial charge in [0, 0.05) is 22.9 Å². The zero-order chi connectivity index (χ0) is 26.0. The number of carbonyl (C=O) groups is 1. The van der Waals surface area contributed by atoms with Crippen molar-refractivity contribution in [3.05, 3.63) is 65.9 Å². The second-order valence-electron chi connectivity index (χ2n) is 10.9. The summed E-state index contributed by atoms with van der Waals surface area (Å²) in [4.78, 5) is 17.5. The molecule has 1 aliphatic rings. The van der Waals surface area contributed by atoms with E-state index in [9.17, 15) is 4.79 Å². The summed E-state index contributed by atoms with van der Waals surface area (Å²) >= 11 is 0. The van der Waals surface area contributed by atoms with Crippen LogP contribution in [0.15, 0.2) is 65.3 Å². The Kier molecular flexibility index (Phi) is 7.48. The summed E-state index contributed by atoms with van der Waals surface area (Å²) in [6.07, 6.45) is 1.69. The lowest BCUT2D eigenvalue weighted by atomic mass is 9.76. The van der Waals surface area contributed by atoms with Crippen LogP contribution in [0.4, 0.5) is 16.2 Å². The van der Waals surface area contributed by atoms with E-state index in [-0.39, 0.29) is 5.41 Å². The number of para-hydroxylation sites is 1. The van der Waals surface area contributed by atoms with Gasteiger partial charge in [-0.15, -0.1) is 0 Å². The van der Waals surface area contributed by atoms with Crippen molar-refractivity contribution >= 4 is 35.8 Å². The van der Waals surface area contributed by atoms with Crippen molar-refractivity contribution in [1.82, 2.24) is 5.32 Å². The van der Waals surface area contributed by atoms with Crippen LogP contribution < -0.4 is 21.8 Å². The highest BCUT2D eigenvalue weighted by molar-refractivity contribution is 6.62. The second-order valence-corrected chi connectivity index (χ2v) is 10.9. The number of amides is 2. The molecule has 2 amide bonds. The van der Waals surface area contributed by atoms with Crippen molar-refractivity contribution in [2.24, 2.45) is 16.1 Å². The lowest BCUT2D eigenvalue weighted by Crippen LogP contribution is -2.41. The van der Waals surface area contributed by atoms with E-state index in [0.29, 0.717) is 22.9 Å². The average molecular weight is 476 g/mol. The third-order valence-corrected chi connectivity index (χ3v) is 6.45. The maximum atomic E-state index is 12.9. The molecule has 0 spiro atoms. The Morgan fingerprint density at radius 1 is 1.03 bits per heavy atom. The van der Waals surface area contributed by atoms with Crippen LogP contribution in [-0.2, 0) is 9.31 Å². The quantitative estimate of drug-likeness (QED) is 0.327. The van der Waals surface area contributed by atoms with E-state index in [0.717, 1.165) is 11.0 Å². The Bertz CT molecular complexity index is 1120. The zero-order valence-corrected chi connectivity index (χ0v) is 22.0. The van der Waals surface area contributed by atoms with Gasteiger partial charge >= 0.3 is 13.1 Å².